The number of benzene rings is 1. The fourth-order valence-corrected chi connectivity index (χ4v) is 2.47. The van der Waals surface area contributed by atoms with Crippen LogP contribution in [0.1, 0.15) is 37.0 Å². The molecule has 0 bridgehead atoms. The van der Waals surface area contributed by atoms with E-state index in [1.807, 2.05) is 0 Å². The first-order chi connectivity index (χ1) is 17.2. The van der Waals surface area contributed by atoms with Crippen LogP contribution in [0.5, 0.6) is 11.5 Å². The van der Waals surface area contributed by atoms with Crippen molar-refractivity contribution < 1.29 is 43.1 Å². The Morgan fingerprint density at radius 3 is 1.54 bits per heavy atom. The molecule has 0 aliphatic rings. The van der Waals surface area contributed by atoms with Crippen molar-refractivity contribution in [3.8, 4) is 11.5 Å². The molecule has 1 rings (SSSR count). The summed E-state index contributed by atoms with van der Waals surface area (Å²) in [5, 5.41) is 9.58. The van der Waals surface area contributed by atoms with E-state index in [0.29, 0.717) is 83.8 Å². The number of carbonyl (C=O) groups is 1. The van der Waals surface area contributed by atoms with E-state index in [0.717, 1.165) is 26.1 Å². The number of aromatic hydroxyl groups is 1. The normalized spacial score (nSPS) is 10.6. The SMILES string of the molecule is CCCOCCOCCOCCCl.CCCOCCOCCOCCOc1cc(C=O)ccc1O. The molecular weight excluding hydrogens is 480 g/mol. The quantitative estimate of drug-likeness (QED) is 0.131. The van der Waals surface area contributed by atoms with E-state index in [9.17, 15) is 9.90 Å². The number of phenolic OH excluding ortho intramolecular Hbond substituents is 1. The maximum absolute atomic E-state index is 10.6. The molecule has 0 aliphatic carbocycles. The van der Waals surface area contributed by atoms with Crippen LogP contribution in [0.4, 0.5) is 0 Å². The summed E-state index contributed by atoms with van der Waals surface area (Å²) in [4.78, 5) is 10.6. The van der Waals surface area contributed by atoms with Gasteiger partial charge in [-0.05, 0) is 31.0 Å². The molecule has 0 unspecified atom stereocenters. The summed E-state index contributed by atoms with van der Waals surface area (Å²) in [6, 6.07) is 4.43. The molecule has 1 N–H and O–H groups in total. The molecule has 9 nitrogen and oxygen atoms in total. The summed E-state index contributed by atoms with van der Waals surface area (Å²) in [6.07, 6.45) is 2.76. The van der Waals surface area contributed by atoms with Gasteiger partial charge < -0.3 is 38.3 Å². The predicted octanol–water partition coefficient (Wildman–Crippen LogP) is 3.73. The van der Waals surface area contributed by atoms with E-state index in [2.05, 4.69) is 13.8 Å². The standard InChI is InChI=1S/C16H24O6.C9H19ClO3/c1-2-5-19-6-7-20-8-9-21-10-11-22-16-12-14(13-17)3-4-15(16)18;1-2-4-11-6-8-13-9-7-12-5-3-10/h3-4,12-13,18H,2,5-11H2,1H3;2-9H2,1H3. The van der Waals surface area contributed by atoms with Gasteiger partial charge in [-0.2, -0.15) is 0 Å². The van der Waals surface area contributed by atoms with Gasteiger partial charge in [0, 0.05) is 24.7 Å². The third-order valence-corrected chi connectivity index (χ3v) is 4.17. The van der Waals surface area contributed by atoms with Gasteiger partial charge in [0.25, 0.3) is 0 Å². The van der Waals surface area contributed by atoms with Gasteiger partial charge in [0.15, 0.2) is 11.5 Å². The Hall–Kier alpha value is -1.46. The summed E-state index contributed by atoms with van der Waals surface area (Å²) in [6.45, 7) is 11.6. The summed E-state index contributed by atoms with van der Waals surface area (Å²) in [5.74, 6) is 0.818. The average molecular weight is 523 g/mol. The third kappa shape index (κ3) is 22.7. The Labute approximate surface area is 214 Å². The molecule has 0 aliphatic heterocycles. The van der Waals surface area contributed by atoms with Crippen LogP contribution in [-0.2, 0) is 28.4 Å². The first kappa shape index (κ1) is 33.5. The highest BCUT2D eigenvalue weighted by Gasteiger charge is 2.03. The van der Waals surface area contributed by atoms with Crippen molar-refractivity contribution in [2.75, 3.05) is 91.8 Å². The van der Waals surface area contributed by atoms with Gasteiger partial charge in [-0.25, -0.2) is 0 Å². The van der Waals surface area contributed by atoms with E-state index in [-0.39, 0.29) is 18.1 Å². The fourth-order valence-electron chi connectivity index (χ4n) is 2.36. The van der Waals surface area contributed by atoms with E-state index in [1.54, 1.807) is 0 Å². The maximum atomic E-state index is 10.6. The molecule has 0 aromatic heterocycles. The highest BCUT2D eigenvalue weighted by atomic mass is 35.5. The smallest absolute Gasteiger partial charge is 0.161 e. The van der Waals surface area contributed by atoms with Crippen molar-refractivity contribution in [3.05, 3.63) is 23.8 Å². The first-order valence-corrected chi connectivity index (χ1v) is 12.7. The lowest BCUT2D eigenvalue weighted by Gasteiger charge is -2.09. The van der Waals surface area contributed by atoms with E-state index in [4.69, 9.17) is 44.8 Å². The summed E-state index contributed by atoms with van der Waals surface area (Å²) >= 11 is 5.41. The summed E-state index contributed by atoms with van der Waals surface area (Å²) in [7, 11) is 0. The van der Waals surface area contributed by atoms with Crippen LogP contribution in [0, 0.1) is 0 Å². The number of halogens is 1. The molecule has 10 heteroatoms. The maximum Gasteiger partial charge on any atom is 0.161 e. The zero-order valence-corrected chi connectivity index (χ0v) is 22.0. The fraction of sp³-hybridized carbons (Fsp3) is 0.720. The Kier molecular flexibility index (Phi) is 26.0. The molecule has 0 spiro atoms. The summed E-state index contributed by atoms with van der Waals surface area (Å²) in [5.41, 5.74) is 0.451. The lowest BCUT2D eigenvalue weighted by atomic mass is 10.2. The first-order valence-electron chi connectivity index (χ1n) is 12.1. The number of rotatable bonds is 23. The number of phenols is 1. The Morgan fingerprint density at radius 1 is 0.686 bits per heavy atom. The monoisotopic (exact) mass is 522 g/mol. The molecule has 0 atom stereocenters. The van der Waals surface area contributed by atoms with Crippen molar-refractivity contribution in [1.29, 1.82) is 0 Å². The predicted molar refractivity (Wildman–Crippen MR) is 135 cm³/mol. The van der Waals surface area contributed by atoms with Crippen LogP contribution in [0.2, 0.25) is 0 Å². The molecule has 0 saturated heterocycles. The highest BCUT2D eigenvalue weighted by Crippen LogP contribution is 2.26. The molecule has 204 valence electrons. The number of hydrogen-bond acceptors (Lipinski definition) is 9. The molecule has 0 amide bonds. The van der Waals surface area contributed by atoms with Gasteiger partial charge >= 0.3 is 0 Å². The molecule has 0 fully saturated rings. The van der Waals surface area contributed by atoms with Crippen LogP contribution >= 0.6 is 11.6 Å². The number of aldehydes is 1. The molecule has 35 heavy (non-hydrogen) atoms. The minimum Gasteiger partial charge on any atom is -0.504 e. The van der Waals surface area contributed by atoms with Gasteiger partial charge in [0.1, 0.15) is 12.9 Å². The van der Waals surface area contributed by atoms with E-state index in [1.165, 1.54) is 18.2 Å². The number of hydrogen-bond donors (Lipinski definition) is 1. The minimum absolute atomic E-state index is 0.000938. The van der Waals surface area contributed by atoms with Gasteiger partial charge in [-0.15, -0.1) is 11.6 Å². The van der Waals surface area contributed by atoms with Crippen molar-refractivity contribution >= 4 is 17.9 Å². The zero-order valence-electron chi connectivity index (χ0n) is 21.2. The molecule has 1 aromatic rings. The van der Waals surface area contributed by atoms with E-state index < -0.39 is 0 Å². The highest BCUT2D eigenvalue weighted by molar-refractivity contribution is 6.17. The van der Waals surface area contributed by atoms with Crippen LogP contribution in [0.3, 0.4) is 0 Å². The second kappa shape index (κ2) is 27.1. The van der Waals surface area contributed by atoms with Crippen LogP contribution < -0.4 is 4.74 Å². The average Bonchev–Trinajstić information content (AvgIpc) is 2.87. The summed E-state index contributed by atoms with van der Waals surface area (Å²) < 4.78 is 36.9. The molecule has 0 heterocycles. The molecule has 0 saturated carbocycles. The Morgan fingerprint density at radius 2 is 1.11 bits per heavy atom. The van der Waals surface area contributed by atoms with Crippen LogP contribution in [0.15, 0.2) is 18.2 Å². The molecule has 1 aromatic carbocycles. The number of alkyl halides is 1. The lowest BCUT2D eigenvalue weighted by molar-refractivity contribution is 0.00933. The second-order valence-corrected chi connectivity index (χ2v) is 7.43. The second-order valence-electron chi connectivity index (χ2n) is 7.06. The molecule has 0 radical (unpaired) electrons. The van der Waals surface area contributed by atoms with Crippen LogP contribution in [0.25, 0.3) is 0 Å². The lowest BCUT2D eigenvalue weighted by Crippen LogP contribution is -2.13. The van der Waals surface area contributed by atoms with Crippen molar-refractivity contribution in [1.82, 2.24) is 0 Å². The Bertz CT molecular complexity index is 580. The van der Waals surface area contributed by atoms with Crippen molar-refractivity contribution in [2.24, 2.45) is 0 Å². The van der Waals surface area contributed by atoms with Gasteiger partial charge in [-0.1, -0.05) is 13.8 Å². The van der Waals surface area contributed by atoms with Crippen molar-refractivity contribution in [2.45, 2.75) is 26.7 Å². The topological polar surface area (TPSA) is 102 Å². The van der Waals surface area contributed by atoms with Crippen molar-refractivity contribution in [3.63, 3.8) is 0 Å². The number of ether oxygens (including phenoxy) is 7. The third-order valence-electron chi connectivity index (χ3n) is 4.01. The molecular formula is C25H43ClO9. The van der Waals surface area contributed by atoms with Gasteiger partial charge in [0.2, 0.25) is 0 Å². The largest absolute Gasteiger partial charge is 0.504 e. The number of carbonyl (C=O) groups excluding carboxylic acids is 1. The van der Waals surface area contributed by atoms with E-state index >= 15 is 0 Å². The van der Waals surface area contributed by atoms with Gasteiger partial charge in [0.05, 0.1) is 66.1 Å². The minimum atomic E-state index is 0.000938. The van der Waals surface area contributed by atoms with Crippen LogP contribution in [-0.4, -0.2) is 103 Å². The zero-order chi connectivity index (χ0) is 25.8. The van der Waals surface area contributed by atoms with Gasteiger partial charge in [-0.3, -0.25) is 4.79 Å². The Balaban J connectivity index is 0.000000761.